The fourth-order valence-corrected chi connectivity index (χ4v) is 6.68. The monoisotopic (exact) mass is 565 g/mol. The van der Waals surface area contributed by atoms with Crippen LogP contribution in [0.3, 0.4) is 0 Å². The van der Waals surface area contributed by atoms with E-state index in [2.05, 4.69) is 20.2 Å². The number of nitrogen functional groups attached to an aromatic ring is 1. The van der Waals surface area contributed by atoms with Crippen LogP contribution in [0.1, 0.15) is 48.6 Å². The lowest BCUT2D eigenvalue weighted by atomic mass is 9.97. The summed E-state index contributed by atoms with van der Waals surface area (Å²) >= 11 is 1.78. The van der Waals surface area contributed by atoms with Gasteiger partial charge < -0.3 is 30.8 Å². The summed E-state index contributed by atoms with van der Waals surface area (Å²) in [4.78, 5) is 26.0. The number of nitrogens with one attached hydrogen (secondary N) is 2. The molecule has 0 bridgehead atoms. The van der Waals surface area contributed by atoms with Crippen LogP contribution < -0.4 is 15.8 Å². The highest BCUT2D eigenvalue weighted by Crippen LogP contribution is 2.40. The highest BCUT2D eigenvalue weighted by molar-refractivity contribution is 7.19. The van der Waals surface area contributed by atoms with Crippen molar-refractivity contribution < 1.29 is 14.3 Å². The maximum atomic E-state index is 10.2. The minimum Gasteiger partial charge on any atom is -0.490 e. The molecule has 40 heavy (non-hydrogen) atoms. The van der Waals surface area contributed by atoms with Gasteiger partial charge in [0.05, 0.1) is 30.3 Å². The number of hydrogen-bond donors (Lipinski definition) is 3. The quantitative estimate of drug-likeness (QED) is 0.210. The van der Waals surface area contributed by atoms with Crippen molar-refractivity contribution in [2.75, 3.05) is 57.1 Å². The van der Waals surface area contributed by atoms with E-state index in [-0.39, 0.29) is 6.04 Å². The second-order valence-electron chi connectivity index (χ2n) is 10.5. The Bertz CT molecular complexity index is 1320. The molecule has 1 atom stereocenters. The zero-order valence-electron chi connectivity index (χ0n) is 23.2. The van der Waals surface area contributed by atoms with Gasteiger partial charge in [0.1, 0.15) is 29.3 Å². The van der Waals surface area contributed by atoms with Crippen molar-refractivity contribution in [2.24, 2.45) is 0 Å². The molecule has 2 fully saturated rings. The zero-order chi connectivity index (χ0) is 27.9. The summed E-state index contributed by atoms with van der Waals surface area (Å²) in [5.41, 5.74) is 9.52. The van der Waals surface area contributed by atoms with E-state index in [9.17, 15) is 4.79 Å². The third kappa shape index (κ3) is 6.54. The van der Waals surface area contributed by atoms with E-state index in [1.54, 1.807) is 22.6 Å². The van der Waals surface area contributed by atoms with Crippen LogP contribution in [0.2, 0.25) is 0 Å². The Kier molecular flexibility index (Phi) is 9.45. The van der Waals surface area contributed by atoms with Gasteiger partial charge in [0.2, 0.25) is 6.41 Å². The number of aryl methyl sites for hydroxylation is 2. The third-order valence-corrected chi connectivity index (χ3v) is 8.96. The third-order valence-electron chi connectivity index (χ3n) is 7.76. The summed E-state index contributed by atoms with van der Waals surface area (Å²) in [7, 11) is 0. The number of carbonyl (C=O) groups is 1. The van der Waals surface area contributed by atoms with Gasteiger partial charge in [-0.25, -0.2) is 9.97 Å². The maximum Gasteiger partial charge on any atom is 0.210 e. The molecule has 2 saturated heterocycles. The number of benzene rings is 1. The second-order valence-corrected chi connectivity index (χ2v) is 11.6. The van der Waals surface area contributed by atoms with Crippen LogP contribution in [-0.4, -0.2) is 84.4 Å². The summed E-state index contributed by atoms with van der Waals surface area (Å²) in [5, 5.41) is 12.3. The van der Waals surface area contributed by atoms with Crippen LogP contribution in [0.4, 0.5) is 17.2 Å². The van der Waals surface area contributed by atoms with Gasteiger partial charge in [-0.2, -0.15) is 0 Å². The smallest absolute Gasteiger partial charge is 0.210 e. The minimum atomic E-state index is 0.260. The number of amides is 1. The van der Waals surface area contributed by atoms with Crippen molar-refractivity contribution in [3.8, 4) is 5.75 Å². The Morgan fingerprint density at radius 1 is 1.20 bits per heavy atom. The number of likely N-dealkylation sites (tertiary alicyclic amines) is 1. The molecule has 4 heterocycles. The lowest BCUT2D eigenvalue weighted by Crippen LogP contribution is -2.42. The Morgan fingerprint density at radius 3 is 2.77 bits per heavy atom. The first-order valence-corrected chi connectivity index (χ1v) is 15.0. The topological polar surface area (TPSA) is 130 Å². The van der Waals surface area contributed by atoms with Gasteiger partial charge >= 0.3 is 0 Å². The molecule has 6 rings (SSSR count). The van der Waals surface area contributed by atoms with Gasteiger partial charge in [0.15, 0.2) is 0 Å². The number of morpholine rings is 1. The summed E-state index contributed by atoms with van der Waals surface area (Å²) in [6.45, 7) is 7.88. The Morgan fingerprint density at radius 2 is 2.02 bits per heavy atom. The number of ether oxygens (including phenoxy) is 2. The first-order chi connectivity index (χ1) is 19.6. The number of nitrogens with zero attached hydrogens (tertiary/aromatic N) is 4. The van der Waals surface area contributed by atoms with E-state index < -0.39 is 0 Å². The molecule has 2 aromatic heterocycles. The maximum absolute atomic E-state index is 10.2. The summed E-state index contributed by atoms with van der Waals surface area (Å²) < 4.78 is 11.3. The summed E-state index contributed by atoms with van der Waals surface area (Å²) in [6, 6.07) is 3.95. The number of rotatable bonds is 8. The van der Waals surface area contributed by atoms with Crippen molar-refractivity contribution in [1.29, 1.82) is 5.41 Å². The van der Waals surface area contributed by atoms with Crippen molar-refractivity contribution >= 4 is 51.4 Å². The number of thiophene rings is 1. The van der Waals surface area contributed by atoms with E-state index in [1.807, 2.05) is 19.1 Å². The first-order valence-electron chi connectivity index (χ1n) is 14.2. The number of anilines is 3. The van der Waals surface area contributed by atoms with Gasteiger partial charge in [-0.05, 0) is 70.2 Å². The van der Waals surface area contributed by atoms with Crippen LogP contribution in [-0.2, 0) is 22.4 Å². The van der Waals surface area contributed by atoms with Crippen LogP contribution in [0, 0.1) is 5.41 Å². The fraction of sp³-hybridized carbons (Fsp3) is 0.517. The molecule has 1 amide bonds. The van der Waals surface area contributed by atoms with E-state index >= 15 is 0 Å². The fourth-order valence-electron chi connectivity index (χ4n) is 5.45. The highest BCUT2D eigenvalue weighted by Gasteiger charge is 2.21. The van der Waals surface area contributed by atoms with Gasteiger partial charge in [-0.3, -0.25) is 9.69 Å². The van der Waals surface area contributed by atoms with Gasteiger partial charge in [-0.15, -0.1) is 11.3 Å². The molecule has 3 aliphatic rings. The summed E-state index contributed by atoms with van der Waals surface area (Å²) in [5.74, 6) is 1.49. The molecule has 2 aliphatic heterocycles. The second kappa shape index (κ2) is 13.4. The van der Waals surface area contributed by atoms with E-state index in [0.29, 0.717) is 36.8 Å². The molecule has 11 heteroatoms. The first kappa shape index (κ1) is 28.3. The standard InChI is InChI=1S/C23H28N6OS.C6H11NO2/c24-13-15-11-18(19(12-17(15)25)30-10-9-29-7-3-4-8-29)28-22-21-16-5-1-2-6-20(16)31-23(21)27-14-26-22;1-6-4-9-3-2-7(6)5-8/h11-14,24H,1-10,25H2,(H,26,27,28);5-6H,2-4H2,1H3. The van der Waals surface area contributed by atoms with Crippen molar-refractivity contribution in [3.05, 3.63) is 34.5 Å². The van der Waals surface area contributed by atoms with Gasteiger partial charge in [0, 0.05) is 41.5 Å². The number of hydrogen-bond acceptors (Lipinski definition) is 10. The number of fused-ring (bicyclic) bond motifs is 3. The zero-order valence-corrected chi connectivity index (χ0v) is 24.0. The molecule has 0 spiro atoms. The normalized spacial score (nSPS) is 19.0. The number of carbonyl (C=O) groups excluding carboxylic acids is 1. The molecule has 1 aliphatic carbocycles. The van der Waals surface area contributed by atoms with E-state index in [1.165, 1.54) is 42.3 Å². The van der Waals surface area contributed by atoms with Crippen LogP contribution in [0.5, 0.6) is 5.75 Å². The van der Waals surface area contributed by atoms with E-state index in [4.69, 9.17) is 20.6 Å². The van der Waals surface area contributed by atoms with Crippen LogP contribution >= 0.6 is 11.3 Å². The number of aromatic nitrogens is 2. The SMILES string of the molecule is CC1COCCN1C=O.N=Cc1cc(Nc2ncnc3sc4c(c23)CCCC4)c(OCCN2CCCC2)cc1N. The molecule has 0 radical (unpaired) electrons. The Labute approximate surface area is 239 Å². The molecule has 1 aromatic carbocycles. The largest absolute Gasteiger partial charge is 0.490 e. The molecule has 1 unspecified atom stereocenters. The minimum absolute atomic E-state index is 0.260. The molecule has 10 nitrogen and oxygen atoms in total. The molecule has 0 saturated carbocycles. The van der Waals surface area contributed by atoms with Gasteiger partial charge in [0.25, 0.3) is 0 Å². The average molecular weight is 566 g/mol. The van der Waals surface area contributed by atoms with Gasteiger partial charge in [-0.1, -0.05) is 0 Å². The average Bonchev–Trinajstić information content (AvgIpc) is 3.63. The summed E-state index contributed by atoms with van der Waals surface area (Å²) in [6.07, 6.45) is 11.0. The van der Waals surface area contributed by atoms with Crippen molar-refractivity contribution in [1.82, 2.24) is 19.8 Å². The Balaban J connectivity index is 0.000000306. The lowest BCUT2D eigenvalue weighted by Gasteiger charge is -2.29. The molecule has 214 valence electrons. The lowest BCUT2D eigenvalue weighted by molar-refractivity contribution is -0.125. The van der Waals surface area contributed by atoms with Crippen molar-refractivity contribution in [2.45, 2.75) is 51.5 Å². The van der Waals surface area contributed by atoms with Crippen molar-refractivity contribution in [3.63, 3.8) is 0 Å². The predicted octanol–water partition coefficient (Wildman–Crippen LogP) is 4.23. The molecule has 4 N–H and O–H groups in total. The van der Waals surface area contributed by atoms with Crippen LogP contribution in [0.25, 0.3) is 10.2 Å². The molecule has 3 aromatic rings. The van der Waals surface area contributed by atoms with Crippen LogP contribution in [0.15, 0.2) is 18.5 Å². The highest BCUT2D eigenvalue weighted by atomic mass is 32.1. The van der Waals surface area contributed by atoms with E-state index in [0.717, 1.165) is 67.2 Å². The predicted molar refractivity (Wildman–Crippen MR) is 160 cm³/mol. The Hall–Kier alpha value is -3.28. The molecular formula is C29H39N7O3S. The molecular weight excluding hydrogens is 526 g/mol. The number of nitrogens with two attached hydrogens (primary N) is 1.